The van der Waals surface area contributed by atoms with Crippen molar-refractivity contribution in [3.05, 3.63) is 190 Å². The van der Waals surface area contributed by atoms with E-state index >= 15 is 0 Å². The second kappa shape index (κ2) is 36.9. The van der Waals surface area contributed by atoms with Crippen molar-refractivity contribution in [2.75, 3.05) is 64.0 Å². The van der Waals surface area contributed by atoms with Gasteiger partial charge in [0.25, 0.3) is 0 Å². The van der Waals surface area contributed by atoms with Gasteiger partial charge in [-0.15, -0.1) is 0 Å². The molecule has 0 aromatic heterocycles. The van der Waals surface area contributed by atoms with Crippen molar-refractivity contribution in [1.29, 1.82) is 0 Å². The lowest BCUT2D eigenvalue weighted by molar-refractivity contribution is 0.0685. The third-order valence-corrected chi connectivity index (χ3v) is 10.6. The molecule has 0 spiro atoms. The summed E-state index contributed by atoms with van der Waals surface area (Å²) in [6, 6.07) is 35.8. The summed E-state index contributed by atoms with van der Waals surface area (Å²) in [5.41, 5.74) is 3.43. The second-order valence-corrected chi connectivity index (χ2v) is 16.0. The van der Waals surface area contributed by atoms with E-state index < -0.39 is 41.8 Å². The summed E-state index contributed by atoms with van der Waals surface area (Å²) in [5.74, 6) is -3.70. The molecule has 0 saturated carbocycles. The zero-order chi connectivity index (χ0) is 63.6. The summed E-state index contributed by atoms with van der Waals surface area (Å²) in [6.07, 6.45) is 0. The third-order valence-electron chi connectivity index (χ3n) is 10.6. The molecule has 0 heterocycles. The molecule has 0 aliphatic heterocycles. The Morgan fingerprint density at radius 3 is 0.988 bits per heavy atom. The molecular formula is C60H64O24. The lowest BCUT2D eigenvalue weighted by atomic mass is 10.1. The smallest absolute Gasteiger partial charge is 0.335 e. The van der Waals surface area contributed by atoms with E-state index in [9.17, 15) is 38.7 Å². The van der Waals surface area contributed by atoms with Gasteiger partial charge in [0.1, 0.15) is 11.5 Å². The molecule has 0 aliphatic rings. The van der Waals surface area contributed by atoms with Gasteiger partial charge in [-0.3, -0.25) is 0 Å². The van der Waals surface area contributed by atoms with E-state index in [1.54, 1.807) is 84.9 Å². The summed E-state index contributed by atoms with van der Waals surface area (Å²) in [4.78, 5) is 73.5. The second-order valence-electron chi connectivity index (χ2n) is 16.0. The molecule has 84 heavy (non-hydrogen) atoms. The van der Waals surface area contributed by atoms with Crippen LogP contribution in [0.5, 0.6) is 57.5 Å². The number of aryl methyl sites for hydroxylation is 2. The number of methoxy groups -OCH3 is 9. The number of carboxylic acid groups (broad SMARTS) is 7. The lowest BCUT2D eigenvalue weighted by Crippen LogP contribution is -2.01. The minimum atomic E-state index is -1.11. The summed E-state index contributed by atoms with van der Waals surface area (Å²) >= 11 is 0. The van der Waals surface area contributed by atoms with Gasteiger partial charge in [0, 0.05) is 0 Å². The van der Waals surface area contributed by atoms with E-state index in [2.05, 4.69) is 0 Å². The summed E-state index contributed by atoms with van der Waals surface area (Å²) in [7, 11) is 13.0. The van der Waals surface area contributed by atoms with Crippen molar-refractivity contribution in [1.82, 2.24) is 0 Å². The highest BCUT2D eigenvalue weighted by atomic mass is 16.5. The molecule has 0 bridgehead atoms. The van der Waals surface area contributed by atoms with E-state index in [4.69, 9.17) is 78.4 Å². The Morgan fingerprint density at radius 1 is 0.286 bits per heavy atom. The van der Waals surface area contributed by atoms with Crippen LogP contribution < -0.4 is 42.6 Å². The van der Waals surface area contributed by atoms with Crippen LogP contribution in [0.4, 0.5) is 0 Å². The normalized spacial score (nSPS) is 9.37. The number of carboxylic acids is 7. The monoisotopic (exact) mass is 1170 g/mol. The number of rotatable bonds is 16. The molecule has 0 unspecified atom stereocenters. The minimum absolute atomic E-state index is 0.00324. The summed E-state index contributed by atoms with van der Waals surface area (Å²) in [6.45, 7) is 3.79. The molecule has 7 rings (SSSR count). The van der Waals surface area contributed by atoms with Crippen LogP contribution in [-0.2, 0) is 0 Å². The number of aromatic hydroxyl groups is 1. The molecule has 24 heteroatoms. The van der Waals surface area contributed by atoms with E-state index in [1.165, 1.54) is 119 Å². The molecule has 24 nitrogen and oxygen atoms in total. The van der Waals surface area contributed by atoms with Gasteiger partial charge in [-0.2, -0.15) is 0 Å². The van der Waals surface area contributed by atoms with E-state index in [1.807, 2.05) is 13.8 Å². The number of benzene rings is 7. The van der Waals surface area contributed by atoms with Gasteiger partial charge >= 0.3 is 41.8 Å². The Balaban J connectivity index is 0.000000493. The van der Waals surface area contributed by atoms with Gasteiger partial charge in [0.15, 0.2) is 34.5 Å². The molecule has 0 amide bonds. The fourth-order valence-corrected chi connectivity index (χ4v) is 6.18. The van der Waals surface area contributed by atoms with Crippen LogP contribution in [0.2, 0.25) is 0 Å². The van der Waals surface area contributed by atoms with Crippen LogP contribution in [0.1, 0.15) is 83.6 Å². The predicted molar refractivity (Wildman–Crippen MR) is 304 cm³/mol. The first-order valence-corrected chi connectivity index (χ1v) is 23.8. The van der Waals surface area contributed by atoms with Crippen LogP contribution in [0.3, 0.4) is 0 Å². The highest BCUT2D eigenvalue weighted by Gasteiger charge is 2.17. The molecule has 448 valence electrons. The Hall–Kier alpha value is -11.2. The summed E-state index contributed by atoms with van der Waals surface area (Å²) in [5, 5.41) is 69.7. The zero-order valence-electron chi connectivity index (χ0n) is 47.4. The van der Waals surface area contributed by atoms with Crippen LogP contribution in [-0.4, -0.2) is 147 Å². The van der Waals surface area contributed by atoms with Crippen molar-refractivity contribution < 1.29 is 117 Å². The molecule has 8 N–H and O–H groups in total. The molecule has 7 aromatic rings. The van der Waals surface area contributed by atoms with Crippen LogP contribution in [0.15, 0.2) is 140 Å². The third kappa shape index (κ3) is 23.7. The maximum atomic E-state index is 10.8. The Bertz CT molecular complexity index is 3230. The number of phenols is 1. The van der Waals surface area contributed by atoms with Gasteiger partial charge < -0.3 is 83.5 Å². The molecule has 7 aromatic carbocycles. The quantitative estimate of drug-likeness (QED) is 0.0446. The maximum Gasteiger partial charge on any atom is 0.335 e. The Kier molecular flexibility index (Phi) is 31.1. The van der Waals surface area contributed by atoms with E-state index in [0.29, 0.717) is 51.4 Å². The van der Waals surface area contributed by atoms with Gasteiger partial charge in [0.2, 0.25) is 11.5 Å². The number of phenolic OH excluding ortho intramolecular Hbond substituents is 1. The Labute approximate surface area is 482 Å². The first-order valence-electron chi connectivity index (χ1n) is 23.8. The molecule has 0 radical (unpaired) electrons. The van der Waals surface area contributed by atoms with Crippen molar-refractivity contribution in [3.63, 3.8) is 0 Å². The van der Waals surface area contributed by atoms with E-state index in [0.717, 1.165) is 11.1 Å². The first kappa shape index (κ1) is 70.8. The average Bonchev–Trinajstić information content (AvgIpc) is 3.70. The van der Waals surface area contributed by atoms with E-state index in [-0.39, 0.29) is 45.1 Å². The van der Waals surface area contributed by atoms with Crippen LogP contribution in [0.25, 0.3) is 0 Å². The highest BCUT2D eigenvalue weighted by Crippen LogP contribution is 2.39. The SMILES string of the molecule is COc1cc(C(=O)O)cc(OC)c1O.COc1cc(C(=O)O)cc(OC)c1OC.COc1cc(C(=O)O)ccc1C.COc1ccc(C(=O)O)cc1OC.COc1cccc(C(=O)O)c1.Cc1ccc(C(=O)O)cc1.O=C(O)c1ccccc1. The molecule has 0 aliphatic carbocycles. The van der Waals surface area contributed by atoms with Crippen molar-refractivity contribution >= 4 is 41.8 Å². The minimum Gasteiger partial charge on any atom is -0.502 e. The maximum absolute atomic E-state index is 10.8. The van der Waals surface area contributed by atoms with Gasteiger partial charge in [0.05, 0.1) is 103 Å². The predicted octanol–water partition coefficient (Wildman–Crippen LogP) is 10.1. The zero-order valence-corrected chi connectivity index (χ0v) is 47.4. The molecule has 0 atom stereocenters. The number of carbonyl (C=O) groups is 7. The first-order chi connectivity index (χ1) is 39.8. The fourth-order valence-electron chi connectivity index (χ4n) is 6.18. The number of ether oxygens (including phenoxy) is 9. The summed E-state index contributed by atoms with van der Waals surface area (Å²) < 4.78 is 44.3. The van der Waals surface area contributed by atoms with Crippen LogP contribution in [0, 0.1) is 13.8 Å². The number of hydrogen-bond donors (Lipinski definition) is 8. The topological polar surface area (TPSA) is 364 Å². The number of aromatic carboxylic acids is 7. The lowest BCUT2D eigenvalue weighted by Gasteiger charge is -2.12. The standard InChI is InChI=1S/C10H12O5.C9H10O5.C9H10O4.C9H10O3.C8H8O3.C8H8O2.C7H6O2/c1-13-7-4-6(10(11)12)5-8(14-2)9(7)15-3;1-13-6-3-5(9(11)12)4-7(14-2)8(6)10;1-12-7-4-3-6(9(10)11)5-8(7)13-2;1-6-3-4-7(9(10)11)5-8(6)12-2;1-11-7-4-2-3-6(5-7)8(9)10;1-6-2-4-7(5-3-6)8(9)10;8-7(9)6-4-2-1-3-5-6/h4-5H,1-3H3,(H,11,12);3-4,10H,1-2H3,(H,11,12);3-5H,1-2H3,(H,10,11);3-5H,1-2H3,(H,10,11);2-5H,1H3,(H,9,10);2-5H,1H3,(H,9,10);1-5H,(H,8,9). The molecular weight excluding hydrogens is 1100 g/mol. The fraction of sp³-hybridized carbons (Fsp3) is 0.183. The Morgan fingerprint density at radius 2 is 0.619 bits per heavy atom. The highest BCUT2D eigenvalue weighted by molar-refractivity contribution is 5.91. The van der Waals surface area contributed by atoms with Crippen molar-refractivity contribution in [2.24, 2.45) is 0 Å². The number of hydrogen-bond acceptors (Lipinski definition) is 17. The molecule has 0 fully saturated rings. The van der Waals surface area contributed by atoms with Gasteiger partial charge in [-0.25, -0.2) is 33.6 Å². The van der Waals surface area contributed by atoms with Crippen molar-refractivity contribution in [2.45, 2.75) is 13.8 Å². The van der Waals surface area contributed by atoms with Gasteiger partial charge in [-0.05, 0) is 116 Å². The van der Waals surface area contributed by atoms with Gasteiger partial charge in [-0.1, -0.05) is 48.0 Å². The largest absolute Gasteiger partial charge is 0.502 e. The average molecular weight is 1170 g/mol. The van der Waals surface area contributed by atoms with Crippen molar-refractivity contribution in [3.8, 4) is 57.5 Å². The van der Waals surface area contributed by atoms with Crippen LogP contribution >= 0.6 is 0 Å². The molecule has 0 saturated heterocycles.